The van der Waals surface area contributed by atoms with E-state index in [-0.39, 0.29) is 11.9 Å². The van der Waals surface area contributed by atoms with Crippen molar-refractivity contribution < 1.29 is 10.3 Å². The predicted octanol–water partition coefficient (Wildman–Crippen LogP) is -0.253. The molecule has 1 aromatic rings. The van der Waals surface area contributed by atoms with Crippen LogP contribution < -0.4 is 10.6 Å². The molecule has 0 saturated carbocycles. The molecule has 6 heteroatoms. The number of amidine groups is 1. The molecule has 0 spiro atoms. The molecule has 1 aliphatic rings. The zero-order chi connectivity index (χ0) is 11.5. The summed E-state index contributed by atoms with van der Waals surface area (Å²) in [7, 11) is 0. The van der Waals surface area contributed by atoms with Crippen molar-refractivity contribution in [2.45, 2.75) is 12.5 Å². The molecule has 0 aromatic carbocycles. The molecule has 1 aromatic heterocycles. The number of nitrogens with two attached hydrogens (primary N) is 1. The minimum Gasteiger partial charge on any atom is -0.409 e. The van der Waals surface area contributed by atoms with Crippen molar-refractivity contribution in [3.05, 3.63) is 24.0 Å². The van der Waals surface area contributed by atoms with Crippen LogP contribution in [0.1, 0.15) is 12.1 Å². The highest BCUT2D eigenvalue weighted by Gasteiger charge is 2.20. The first-order chi connectivity index (χ1) is 7.70. The summed E-state index contributed by atoms with van der Waals surface area (Å²) in [6.07, 6.45) is 2.09. The minimum absolute atomic E-state index is 0.0124. The van der Waals surface area contributed by atoms with E-state index < -0.39 is 0 Å². The van der Waals surface area contributed by atoms with Gasteiger partial charge in [-0.1, -0.05) is 5.16 Å². The lowest BCUT2D eigenvalue weighted by atomic mass is 10.3. The Morgan fingerprint density at radius 2 is 2.44 bits per heavy atom. The lowest BCUT2D eigenvalue weighted by molar-refractivity contribution is 0.198. The fraction of sp³-hybridized carbons (Fsp3) is 0.400. The van der Waals surface area contributed by atoms with Gasteiger partial charge in [-0.15, -0.1) is 0 Å². The van der Waals surface area contributed by atoms with E-state index in [0.29, 0.717) is 12.2 Å². The first-order valence-electron chi connectivity index (χ1n) is 5.07. The second-order valence-electron chi connectivity index (χ2n) is 3.77. The van der Waals surface area contributed by atoms with Crippen molar-refractivity contribution >= 4 is 11.5 Å². The van der Waals surface area contributed by atoms with Gasteiger partial charge in [-0.25, -0.2) is 0 Å². The molecule has 1 fully saturated rings. The van der Waals surface area contributed by atoms with E-state index in [1.165, 1.54) is 0 Å². The van der Waals surface area contributed by atoms with Crippen molar-refractivity contribution in [2.75, 3.05) is 18.0 Å². The van der Waals surface area contributed by atoms with E-state index in [1.54, 1.807) is 12.3 Å². The molecule has 1 saturated heterocycles. The Morgan fingerprint density at radius 3 is 3.06 bits per heavy atom. The quantitative estimate of drug-likeness (QED) is 0.277. The van der Waals surface area contributed by atoms with Gasteiger partial charge in [0.05, 0.1) is 6.10 Å². The van der Waals surface area contributed by atoms with E-state index in [1.807, 2.05) is 11.0 Å². The highest BCUT2D eigenvalue weighted by atomic mass is 16.4. The number of oxime groups is 1. The highest BCUT2D eigenvalue weighted by molar-refractivity contribution is 5.95. The first-order valence-corrected chi connectivity index (χ1v) is 5.07. The summed E-state index contributed by atoms with van der Waals surface area (Å²) in [6, 6.07) is 3.58. The highest BCUT2D eigenvalue weighted by Crippen LogP contribution is 2.20. The fourth-order valence-corrected chi connectivity index (χ4v) is 1.78. The van der Waals surface area contributed by atoms with Crippen LogP contribution in [0.3, 0.4) is 0 Å². The third-order valence-electron chi connectivity index (χ3n) is 2.64. The monoisotopic (exact) mass is 222 g/mol. The normalized spacial score (nSPS) is 21.4. The van der Waals surface area contributed by atoms with Crippen LogP contribution in [0.5, 0.6) is 0 Å². The smallest absolute Gasteiger partial charge is 0.188 e. The number of nitrogens with zero attached hydrogens (tertiary/aromatic N) is 3. The average Bonchev–Trinajstić information content (AvgIpc) is 2.75. The Morgan fingerprint density at radius 1 is 1.62 bits per heavy atom. The first kappa shape index (κ1) is 10.7. The zero-order valence-electron chi connectivity index (χ0n) is 8.74. The molecule has 2 heterocycles. The van der Waals surface area contributed by atoms with Gasteiger partial charge in [0.15, 0.2) is 5.84 Å². The maximum atomic E-state index is 9.44. The van der Waals surface area contributed by atoms with Gasteiger partial charge in [0, 0.05) is 25.0 Å². The van der Waals surface area contributed by atoms with Gasteiger partial charge in [0.2, 0.25) is 0 Å². The van der Waals surface area contributed by atoms with Gasteiger partial charge >= 0.3 is 0 Å². The van der Waals surface area contributed by atoms with Crippen molar-refractivity contribution in [1.82, 2.24) is 4.98 Å². The van der Waals surface area contributed by atoms with E-state index in [9.17, 15) is 5.11 Å². The standard InChI is InChI=1S/C10H14N4O2/c11-10(13-16)9-5-7(1-3-12-9)14-4-2-8(15)6-14/h1,3,5,8,15-16H,2,4,6H2,(H2,11,13). The topological polar surface area (TPSA) is 95.0 Å². The van der Waals surface area contributed by atoms with Crippen LogP contribution >= 0.6 is 0 Å². The number of pyridine rings is 1. The van der Waals surface area contributed by atoms with Crippen molar-refractivity contribution in [1.29, 1.82) is 0 Å². The van der Waals surface area contributed by atoms with Crippen LogP contribution in [0, 0.1) is 0 Å². The second-order valence-corrected chi connectivity index (χ2v) is 3.77. The van der Waals surface area contributed by atoms with Gasteiger partial charge in [-0.3, -0.25) is 4.98 Å². The van der Waals surface area contributed by atoms with Crippen molar-refractivity contribution in [3.63, 3.8) is 0 Å². The Balaban J connectivity index is 2.22. The van der Waals surface area contributed by atoms with Crippen LogP contribution in [-0.4, -0.2) is 40.3 Å². The van der Waals surface area contributed by atoms with Crippen molar-refractivity contribution in [3.8, 4) is 0 Å². The number of anilines is 1. The van der Waals surface area contributed by atoms with Crippen molar-refractivity contribution in [2.24, 2.45) is 10.9 Å². The molecular formula is C10H14N4O2. The van der Waals surface area contributed by atoms with Gasteiger partial charge in [-0.05, 0) is 18.6 Å². The molecule has 1 unspecified atom stereocenters. The molecule has 1 aliphatic heterocycles. The lowest BCUT2D eigenvalue weighted by Gasteiger charge is -2.17. The van der Waals surface area contributed by atoms with Crippen LogP contribution in [0.4, 0.5) is 5.69 Å². The van der Waals surface area contributed by atoms with Crippen LogP contribution in [0.2, 0.25) is 0 Å². The molecule has 2 rings (SSSR count). The number of aliphatic hydroxyl groups is 1. The number of aromatic nitrogens is 1. The van der Waals surface area contributed by atoms with Gasteiger partial charge in [-0.2, -0.15) is 0 Å². The molecule has 4 N–H and O–H groups in total. The minimum atomic E-state index is -0.277. The SMILES string of the molecule is NC(=NO)c1cc(N2CCC(O)C2)ccn1. The summed E-state index contributed by atoms with van der Waals surface area (Å²) in [6.45, 7) is 1.42. The van der Waals surface area contributed by atoms with E-state index in [0.717, 1.165) is 18.7 Å². The van der Waals surface area contributed by atoms with Gasteiger partial charge in [0.25, 0.3) is 0 Å². The summed E-state index contributed by atoms with van der Waals surface area (Å²) in [5.74, 6) is -0.0124. The molecule has 0 radical (unpaired) electrons. The van der Waals surface area contributed by atoms with E-state index >= 15 is 0 Å². The number of rotatable bonds is 2. The predicted molar refractivity (Wildman–Crippen MR) is 59.6 cm³/mol. The Hall–Kier alpha value is -1.82. The average molecular weight is 222 g/mol. The Labute approximate surface area is 93.0 Å². The fourth-order valence-electron chi connectivity index (χ4n) is 1.78. The van der Waals surface area contributed by atoms with Crippen LogP contribution in [0.25, 0.3) is 0 Å². The number of hydrogen-bond acceptors (Lipinski definition) is 5. The molecule has 0 amide bonds. The van der Waals surface area contributed by atoms with E-state index in [4.69, 9.17) is 10.9 Å². The molecular weight excluding hydrogens is 208 g/mol. The number of aliphatic hydroxyl groups excluding tert-OH is 1. The molecule has 0 aliphatic carbocycles. The second kappa shape index (κ2) is 4.36. The third-order valence-corrected chi connectivity index (χ3v) is 2.64. The molecule has 16 heavy (non-hydrogen) atoms. The summed E-state index contributed by atoms with van der Waals surface area (Å²) >= 11 is 0. The van der Waals surface area contributed by atoms with Crippen LogP contribution in [-0.2, 0) is 0 Å². The molecule has 86 valence electrons. The molecule has 6 nitrogen and oxygen atoms in total. The maximum absolute atomic E-state index is 9.44. The van der Waals surface area contributed by atoms with Gasteiger partial charge < -0.3 is 20.9 Å². The summed E-state index contributed by atoms with van der Waals surface area (Å²) < 4.78 is 0. The summed E-state index contributed by atoms with van der Waals surface area (Å²) in [5, 5.41) is 20.9. The zero-order valence-corrected chi connectivity index (χ0v) is 8.74. The Bertz CT molecular complexity index is 408. The number of β-amino-alcohol motifs (C(OH)–C–C–N with tert-alkyl or cyclic N) is 1. The third kappa shape index (κ3) is 2.06. The largest absolute Gasteiger partial charge is 0.409 e. The number of hydrogen-bond donors (Lipinski definition) is 3. The summed E-state index contributed by atoms with van der Waals surface area (Å²) in [4.78, 5) is 6.04. The van der Waals surface area contributed by atoms with E-state index in [2.05, 4.69) is 10.1 Å². The summed E-state index contributed by atoms with van der Waals surface area (Å²) in [5.41, 5.74) is 6.81. The Kier molecular flexibility index (Phi) is 2.91. The maximum Gasteiger partial charge on any atom is 0.188 e. The lowest BCUT2D eigenvalue weighted by Crippen LogP contribution is -2.22. The molecule has 1 atom stereocenters. The molecule has 0 bridgehead atoms. The van der Waals surface area contributed by atoms with Gasteiger partial charge in [0.1, 0.15) is 5.69 Å². The van der Waals surface area contributed by atoms with Crippen LogP contribution in [0.15, 0.2) is 23.5 Å².